The number of rotatable bonds is 1. The van der Waals surface area contributed by atoms with Crippen LogP contribution in [0.5, 0.6) is 5.75 Å². The molecule has 2 heterocycles. The topological polar surface area (TPSA) is 41.9 Å². The number of halogens is 2. The molecule has 126 valence electrons. The smallest absolute Gasteiger partial charge is 0.169 e. The van der Waals surface area contributed by atoms with Crippen molar-refractivity contribution in [3.8, 4) is 5.75 Å². The Morgan fingerprint density at radius 1 is 1.17 bits per heavy atom. The number of hydrogen-bond acceptors (Lipinski definition) is 4. The third-order valence-corrected chi connectivity index (χ3v) is 5.94. The molecule has 0 radical (unpaired) electrons. The molecule has 1 aromatic carbocycles. The van der Waals surface area contributed by atoms with E-state index in [9.17, 15) is 5.11 Å². The standard InChI is InChI=1S/C17H21Cl2NO3/c18-11-9-12-15(21)13-3-1-2-4-17(13,20-5-7-22-8-6-20)23-16(12)14(19)10-11/h9-10,13,15,21H,1-8H2/t13-,15+,17+/m1/s1. The molecule has 1 saturated carbocycles. The molecule has 23 heavy (non-hydrogen) atoms. The summed E-state index contributed by atoms with van der Waals surface area (Å²) >= 11 is 12.5. The normalized spacial score (nSPS) is 34.4. The molecular weight excluding hydrogens is 337 g/mol. The summed E-state index contributed by atoms with van der Waals surface area (Å²) in [6.07, 6.45) is 3.47. The van der Waals surface area contributed by atoms with Crippen LogP contribution in [0.3, 0.4) is 0 Å². The van der Waals surface area contributed by atoms with E-state index in [1.54, 1.807) is 12.1 Å². The maximum Gasteiger partial charge on any atom is 0.169 e. The lowest BCUT2D eigenvalue weighted by Crippen LogP contribution is -2.64. The maximum atomic E-state index is 11.0. The van der Waals surface area contributed by atoms with Gasteiger partial charge in [-0.25, -0.2) is 0 Å². The maximum absolute atomic E-state index is 11.0. The van der Waals surface area contributed by atoms with E-state index in [1.807, 2.05) is 0 Å². The average molecular weight is 358 g/mol. The Labute approximate surface area is 146 Å². The number of ether oxygens (including phenoxy) is 2. The molecule has 0 spiro atoms. The minimum absolute atomic E-state index is 0.0383. The van der Waals surface area contributed by atoms with Gasteiger partial charge in [0, 0.05) is 36.0 Å². The summed E-state index contributed by atoms with van der Waals surface area (Å²) in [7, 11) is 0. The Morgan fingerprint density at radius 2 is 1.96 bits per heavy atom. The van der Waals surface area contributed by atoms with Gasteiger partial charge in [0.25, 0.3) is 0 Å². The molecule has 0 amide bonds. The Morgan fingerprint density at radius 3 is 2.74 bits per heavy atom. The van der Waals surface area contributed by atoms with Crippen molar-refractivity contribution in [3.05, 3.63) is 27.7 Å². The largest absolute Gasteiger partial charge is 0.470 e. The van der Waals surface area contributed by atoms with Crippen LogP contribution in [0.25, 0.3) is 0 Å². The molecule has 1 saturated heterocycles. The van der Waals surface area contributed by atoms with Crippen molar-refractivity contribution in [2.24, 2.45) is 5.92 Å². The zero-order chi connectivity index (χ0) is 16.0. The van der Waals surface area contributed by atoms with Gasteiger partial charge in [0.1, 0.15) is 5.75 Å². The molecular formula is C17H21Cl2NO3. The van der Waals surface area contributed by atoms with Crippen LogP contribution in [0.15, 0.2) is 12.1 Å². The van der Waals surface area contributed by atoms with Crippen molar-refractivity contribution < 1.29 is 14.6 Å². The predicted molar refractivity (Wildman–Crippen MR) is 89.1 cm³/mol. The number of benzene rings is 1. The lowest BCUT2D eigenvalue weighted by Gasteiger charge is -2.55. The summed E-state index contributed by atoms with van der Waals surface area (Å²) in [5.41, 5.74) is 0.240. The van der Waals surface area contributed by atoms with Crippen molar-refractivity contribution in [2.45, 2.75) is 37.5 Å². The first kappa shape index (κ1) is 16.0. The van der Waals surface area contributed by atoms with Crippen molar-refractivity contribution in [1.29, 1.82) is 0 Å². The number of aliphatic hydroxyl groups excluding tert-OH is 1. The van der Waals surface area contributed by atoms with E-state index >= 15 is 0 Å². The molecule has 1 N–H and O–H groups in total. The minimum Gasteiger partial charge on any atom is -0.470 e. The number of aliphatic hydroxyl groups is 1. The third-order valence-electron chi connectivity index (χ3n) is 5.44. The van der Waals surface area contributed by atoms with Gasteiger partial charge in [-0.05, 0) is 25.0 Å². The van der Waals surface area contributed by atoms with Gasteiger partial charge < -0.3 is 14.6 Å². The monoisotopic (exact) mass is 357 g/mol. The zero-order valence-electron chi connectivity index (χ0n) is 12.9. The van der Waals surface area contributed by atoms with Crippen LogP contribution in [-0.4, -0.2) is 42.0 Å². The molecule has 0 aromatic heterocycles. The molecule has 2 aliphatic heterocycles. The Bertz CT molecular complexity index is 606. The second kappa shape index (κ2) is 6.08. The summed E-state index contributed by atoms with van der Waals surface area (Å²) in [6.45, 7) is 3.05. The van der Waals surface area contributed by atoms with Gasteiger partial charge >= 0.3 is 0 Å². The van der Waals surface area contributed by atoms with Crippen molar-refractivity contribution in [1.82, 2.24) is 4.90 Å². The highest BCUT2D eigenvalue weighted by Gasteiger charge is 2.54. The van der Waals surface area contributed by atoms with Gasteiger partial charge in [-0.2, -0.15) is 0 Å². The average Bonchev–Trinajstić information content (AvgIpc) is 2.57. The van der Waals surface area contributed by atoms with Crippen LogP contribution in [0.2, 0.25) is 10.0 Å². The van der Waals surface area contributed by atoms with E-state index in [4.69, 9.17) is 32.7 Å². The second-order valence-corrected chi connectivity index (χ2v) is 7.49. The molecule has 0 bridgehead atoms. The molecule has 4 nitrogen and oxygen atoms in total. The second-order valence-electron chi connectivity index (χ2n) is 6.65. The van der Waals surface area contributed by atoms with E-state index in [2.05, 4.69) is 4.90 Å². The van der Waals surface area contributed by atoms with Gasteiger partial charge in [0.05, 0.1) is 24.3 Å². The highest BCUT2D eigenvalue weighted by Crippen LogP contribution is 2.54. The fraction of sp³-hybridized carbons (Fsp3) is 0.647. The minimum atomic E-state index is -0.599. The predicted octanol–water partition coefficient (Wildman–Crippen LogP) is 3.64. The van der Waals surface area contributed by atoms with E-state index in [0.29, 0.717) is 29.0 Å². The SMILES string of the molecule is O[C@H]1c2cc(Cl)cc(Cl)c2O[C@@]2(N3CCOCC3)CCCC[C@H]12. The van der Waals surface area contributed by atoms with Gasteiger partial charge in [-0.3, -0.25) is 4.90 Å². The lowest BCUT2D eigenvalue weighted by molar-refractivity contribution is -0.206. The van der Waals surface area contributed by atoms with Crippen molar-refractivity contribution in [2.75, 3.05) is 26.3 Å². The molecule has 1 aliphatic carbocycles. The van der Waals surface area contributed by atoms with E-state index < -0.39 is 11.8 Å². The Kier molecular flexibility index (Phi) is 4.23. The molecule has 3 atom stereocenters. The Balaban J connectivity index is 1.80. The fourth-order valence-electron chi connectivity index (χ4n) is 4.38. The molecule has 0 unspecified atom stereocenters. The molecule has 6 heteroatoms. The number of hydrogen-bond donors (Lipinski definition) is 1. The third kappa shape index (κ3) is 2.56. The van der Waals surface area contributed by atoms with Gasteiger partial charge in [-0.15, -0.1) is 0 Å². The van der Waals surface area contributed by atoms with Gasteiger partial charge in [0.2, 0.25) is 0 Å². The van der Waals surface area contributed by atoms with Gasteiger partial charge in [0.15, 0.2) is 5.72 Å². The zero-order valence-corrected chi connectivity index (χ0v) is 14.4. The summed E-state index contributed by atoms with van der Waals surface area (Å²) < 4.78 is 12.0. The van der Waals surface area contributed by atoms with E-state index in [0.717, 1.165) is 44.3 Å². The molecule has 3 aliphatic rings. The quantitative estimate of drug-likeness (QED) is 0.832. The summed E-state index contributed by atoms with van der Waals surface area (Å²) in [6, 6.07) is 3.47. The number of nitrogens with zero attached hydrogens (tertiary/aromatic N) is 1. The summed E-state index contributed by atoms with van der Waals surface area (Å²) in [4.78, 5) is 2.34. The van der Waals surface area contributed by atoms with Crippen LogP contribution in [0.1, 0.15) is 37.4 Å². The highest BCUT2D eigenvalue weighted by molar-refractivity contribution is 6.35. The van der Waals surface area contributed by atoms with Crippen molar-refractivity contribution >= 4 is 23.2 Å². The van der Waals surface area contributed by atoms with Crippen LogP contribution >= 0.6 is 23.2 Å². The van der Waals surface area contributed by atoms with E-state index in [-0.39, 0.29) is 5.92 Å². The lowest BCUT2D eigenvalue weighted by atomic mass is 9.73. The highest BCUT2D eigenvalue weighted by atomic mass is 35.5. The Hall–Kier alpha value is -0.520. The first-order chi connectivity index (χ1) is 11.1. The van der Waals surface area contributed by atoms with Crippen LogP contribution < -0.4 is 4.74 Å². The van der Waals surface area contributed by atoms with Crippen LogP contribution in [0, 0.1) is 5.92 Å². The van der Waals surface area contributed by atoms with Gasteiger partial charge in [-0.1, -0.05) is 29.6 Å². The molecule has 1 aromatic rings. The van der Waals surface area contributed by atoms with Crippen LogP contribution in [0.4, 0.5) is 0 Å². The van der Waals surface area contributed by atoms with E-state index in [1.165, 1.54) is 0 Å². The summed E-state index contributed by atoms with van der Waals surface area (Å²) in [5.74, 6) is 0.629. The first-order valence-electron chi connectivity index (χ1n) is 8.31. The number of fused-ring (bicyclic) bond motifs is 2. The summed E-state index contributed by atoms with van der Waals surface area (Å²) in [5, 5.41) is 12.1. The fourth-order valence-corrected chi connectivity index (χ4v) is 4.93. The van der Waals surface area contributed by atoms with Crippen molar-refractivity contribution in [3.63, 3.8) is 0 Å². The number of morpholine rings is 1. The molecule has 2 fully saturated rings. The first-order valence-corrected chi connectivity index (χ1v) is 9.06. The molecule has 4 rings (SSSR count). The van der Waals surface area contributed by atoms with Crippen LogP contribution in [-0.2, 0) is 4.74 Å².